The third-order valence-corrected chi connectivity index (χ3v) is 4.06. The van der Waals surface area contributed by atoms with Crippen molar-refractivity contribution in [3.8, 4) is 0 Å². The number of aliphatic hydroxyl groups excluding tert-OH is 1. The Morgan fingerprint density at radius 1 is 1.32 bits per heavy atom. The van der Waals surface area contributed by atoms with Gasteiger partial charge in [-0.1, -0.05) is 0 Å². The average Bonchev–Trinajstić information content (AvgIpc) is 2.71. The molecule has 1 aliphatic carbocycles. The van der Waals surface area contributed by atoms with E-state index in [1.54, 1.807) is 0 Å². The molecule has 5 heteroatoms. The van der Waals surface area contributed by atoms with Crippen LogP contribution in [0.2, 0.25) is 0 Å². The minimum Gasteiger partial charge on any atom is -0.391 e. The topological polar surface area (TPSA) is 54.2 Å². The predicted octanol–water partition coefficient (Wildman–Crippen LogP) is 1.73. The first-order valence-corrected chi connectivity index (χ1v) is 7.17. The van der Waals surface area contributed by atoms with Gasteiger partial charge in [-0.3, -0.25) is 0 Å². The Kier molecular flexibility index (Phi) is 4.26. The Balaban J connectivity index is 2.22. The SMILES string of the molecule is Cc1nc([C@H]2CC[C@@H](O)[C@H](N(C)C)C2)n(C(C)C)n1. The van der Waals surface area contributed by atoms with Crippen LogP contribution in [0.5, 0.6) is 0 Å². The summed E-state index contributed by atoms with van der Waals surface area (Å²) in [7, 11) is 4.07. The number of aryl methyl sites for hydroxylation is 1. The highest BCUT2D eigenvalue weighted by Crippen LogP contribution is 2.34. The van der Waals surface area contributed by atoms with Crippen molar-refractivity contribution in [2.24, 2.45) is 0 Å². The van der Waals surface area contributed by atoms with E-state index in [0.29, 0.717) is 12.0 Å². The summed E-state index contributed by atoms with van der Waals surface area (Å²) in [5.41, 5.74) is 0. The van der Waals surface area contributed by atoms with Gasteiger partial charge in [0.15, 0.2) is 0 Å². The van der Waals surface area contributed by atoms with Crippen molar-refractivity contribution in [3.05, 3.63) is 11.6 Å². The lowest BCUT2D eigenvalue weighted by Crippen LogP contribution is -2.43. The fourth-order valence-electron chi connectivity index (χ4n) is 3.03. The Morgan fingerprint density at radius 3 is 2.58 bits per heavy atom. The molecule has 1 aromatic rings. The van der Waals surface area contributed by atoms with Gasteiger partial charge in [-0.05, 0) is 54.1 Å². The van der Waals surface area contributed by atoms with Crippen LogP contribution in [0.4, 0.5) is 0 Å². The van der Waals surface area contributed by atoms with Crippen molar-refractivity contribution in [1.29, 1.82) is 0 Å². The first-order chi connectivity index (χ1) is 8.90. The van der Waals surface area contributed by atoms with Crippen LogP contribution in [0.25, 0.3) is 0 Å². The molecule has 0 unspecified atom stereocenters. The molecule has 0 aliphatic heterocycles. The number of aromatic nitrogens is 3. The summed E-state index contributed by atoms with van der Waals surface area (Å²) < 4.78 is 2.05. The first kappa shape index (κ1) is 14.5. The summed E-state index contributed by atoms with van der Waals surface area (Å²) in [5.74, 6) is 2.34. The quantitative estimate of drug-likeness (QED) is 0.905. The van der Waals surface area contributed by atoms with Gasteiger partial charge in [0.05, 0.1) is 6.10 Å². The van der Waals surface area contributed by atoms with Gasteiger partial charge in [-0.15, -0.1) is 0 Å². The highest BCUT2D eigenvalue weighted by molar-refractivity contribution is 5.05. The van der Waals surface area contributed by atoms with Crippen LogP contribution in [0.15, 0.2) is 0 Å². The molecule has 5 nitrogen and oxygen atoms in total. The summed E-state index contributed by atoms with van der Waals surface area (Å²) >= 11 is 0. The molecule has 1 N–H and O–H groups in total. The zero-order chi connectivity index (χ0) is 14.2. The fourth-order valence-corrected chi connectivity index (χ4v) is 3.03. The second-order valence-electron chi connectivity index (χ2n) is 6.16. The Bertz CT molecular complexity index is 427. The Labute approximate surface area is 115 Å². The van der Waals surface area contributed by atoms with Crippen LogP contribution in [-0.2, 0) is 0 Å². The molecular weight excluding hydrogens is 240 g/mol. The van der Waals surface area contributed by atoms with E-state index in [1.165, 1.54) is 0 Å². The van der Waals surface area contributed by atoms with Crippen molar-refractivity contribution in [2.75, 3.05) is 14.1 Å². The second kappa shape index (κ2) is 5.59. The third kappa shape index (κ3) is 2.98. The van der Waals surface area contributed by atoms with Crippen LogP contribution < -0.4 is 0 Å². The van der Waals surface area contributed by atoms with Crippen LogP contribution in [0, 0.1) is 6.92 Å². The molecular formula is C14H26N4O. The largest absolute Gasteiger partial charge is 0.391 e. The normalized spacial score (nSPS) is 28.3. The zero-order valence-electron chi connectivity index (χ0n) is 12.7. The molecule has 1 saturated carbocycles. The molecule has 3 atom stereocenters. The lowest BCUT2D eigenvalue weighted by Gasteiger charge is -2.37. The smallest absolute Gasteiger partial charge is 0.147 e. The lowest BCUT2D eigenvalue weighted by atomic mass is 9.82. The van der Waals surface area contributed by atoms with Crippen molar-refractivity contribution in [2.45, 2.75) is 64.1 Å². The predicted molar refractivity (Wildman–Crippen MR) is 75.2 cm³/mol. The summed E-state index contributed by atoms with van der Waals surface area (Å²) in [6.45, 7) is 6.22. The molecule has 1 heterocycles. The number of nitrogens with zero attached hydrogens (tertiary/aromatic N) is 4. The second-order valence-corrected chi connectivity index (χ2v) is 6.16. The van der Waals surface area contributed by atoms with E-state index in [0.717, 1.165) is 30.9 Å². The molecule has 1 aliphatic rings. The maximum Gasteiger partial charge on any atom is 0.147 e. The highest BCUT2D eigenvalue weighted by Gasteiger charge is 2.33. The minimum atomic E-state index is -0.220. The summed E-state index contributed by atoms with van der Waals surface area (Å²) in [5, 5.41) is 14.6. The van der Waals surface area contributed by atoms with Crippen LogP contribution in [0.1, 0.15) is 56.7 Å². The van der Waals surface area contributed by atoms with Gasteiger partial charge >= 0.3 is 0 Å². The van der Waals surface area contributed by atoms with E-state index in [4.69, 9.17) is 0 Å². The van der Waals surface area contributed by atoms with Crippen molar-refractivity contribution < 1.29 is 5.11 Å². The number of hydrogen-bond donors (Lipinski definition) is 1. The lowest BCUT2D eigenvalue weighted by molar-refractivity contribution is 0.0348. The van der Waals surface area contributed by atoms with E-state index in [9.17, 15) is 5.11 Å². The maximum absolute atomic E-state index is 10.1. The zero-order valence-corrected chi connectivity index (χ0v) is 12.7. The minimum absolute atomic E-state index is 0.219. The fraction of sp³-hybridized carbons (Fsp3) is 0.857. The molecule has 0 spiro atoms. The molecule has 2 rings (SSSR count). The van der Waals surface area contributed by atoms with Crippen molar-refractivity contribution in [1.82, 2.24) is 19.7 Å². The molecule has 108 valence electrons. The Hall–Kier alpha value is -0.940. The summed E-state index contributed by atoms with van der Waals surface area (Å²) in [6, 6.07) is 0.553. The molecule has 19 heavy (non-hydrogen) atoms. The van der Waals surface area contributed by atoms with Crippen LogP contribution in [-0.4, -0.2) is 51.0 Å². The van der Waals surface area contributed by atoms with Gasteiger partial charge in [0.25, 0.3) is 0 Å². The molecule has 0 aromatic carbocycles. The number of aliphatic hydroxyl groups is 1. The van der Waals surface area contributed by atoms with Gasteiger partial charge < -0.3 is 10.0 Å². The van der Waals surface area contributed by atoms with Gasteiger partial charge in [0.1, 0.15) is 11.6 Å². The van der Waals surface area contributed by atoms with Crippen molar-refractivity contribution in [3.63, 3.8) is 0 Å². The van der Waals surface area contributed by atoms with Crippen molar-refractivity contribution >= 4 is 0 Å². The third-order valence-electron chi connectivity index (χ3n) is 4.06. The molecule has 0 amide bonds. The molecule has 1 fully saturated rings. The molecule has 1 aromatic heterocycles. The van der Waals surface area contributed by atoms with Gasteiger partial charge in [-0.25, -0.2) is 9.67 Å². The number of hydrogen-bond acceptors (Lipinski definition) is 4. The number of likely N-dealkylation sites (N-methyl/N-ethyl adjacent to an activating group) is 1. The van der Waals surface area contributed by atoms with E-state index in [-0.39, 0.29) is 12.1 Å². The monoisotopic (exact) mass is 266 g/mol. The molecule has 0 saturated heterocycles. The van der Waals surface area contributed by atoms with E-state index in [1.807, 2.05) is 25.7 Å². The van der Waals surface area contributed by atoms with Crippen LogP contribution >= 0.6 is 0 Å². The van der Waals surface area contributed by atoms with E-state index >= 15 is 0 Å². The highest BCUT2D eigenvalue weighted by atomic mass is 16.3. The molecule has 0 radical (unpaired) electrons. The standard InChI is InChI=1S/C14H26N4O/c1-9(2)18-14(15-10(3)16-18)11-6-7-13(19)12(8-11)17(4)5/h9,11-13,19H,6-8H2,1-5H3/t11-,12+,13+/m0/s1. The number of rotatable bonds is 3. The van der Waals surface area contributed by atoms with E-state index < -0.39 is 0 Å². The van der Waals surface area contributed by atoms with Gasteiger partial charge in [-0.2, -0.15) is 5.10 Å². The Morgan fingerprint density at radius 2 is 2.00 bits per heavy atom. The maximum atomic E-state index is 10.1. The summed E-state index contributed by atoms with van der Waals surface area (Å²) in [6.07, 6.45) is 2.58. The first-order valence-electron chi connectivity index (χ1n) is 7.17. The van der Waals surface area contributed by atoms with Gasteiger partial charge in [0.2, 0.25) is 0 Å². The van der Waals surface area contributed by atoms with Gasteiger partial charge in [0, 0.05) is 18.0 Å². The van der Waals surface area contributed by atoms with E-state index in [2.05, 4.69) is 28.8 Å². The summed E-state index contributed by atoms with van der Waals surface area (Å²) in [4.78, 5) is 6.75. The van der Waals surface area contributed by atoms with Crippen LogP contribution in [0.3, 0.4) is 0 Å². The average molecular weight is 266 g/mol. The molecule has 0 bridgehead atoms.